The molecule has 1 amide bonds. The summed E-state index contributed by atoms with van der Waals surface area (Å²) < 4.78 is 10.7. The van der Waals surface area contributed by atoms with E-state index in [1.54, 1.807) is 0 Å². The number of nitrogens with one attached hydrogen (secondary N) is 1. The highest BCUT2D eigenvalue weighted by Gasteiger charge is 2.27. The molecule has 0 saturated carbocycles. The lowest BCUT2D eigenvalue weighted by Crippen LogP contribution is -2.92. The summed E-state index contributed by atoms with van der Waals surface area (Å²) in [5.41, 5.74) is 3.82. The molecule has 4 rings (SSSR count). The first kappa shape index (κ1) is 16.9. The minimum atomic E-state index is -0.125. The van der Waals surface area contributed by atoms with Crippen LogP contribution in [-0.2, 0) is 17.8 Å². The van der Waals surface area contributed by atoms with Crippen LogP contribution in [0.1, 0.15) is 42.5 Å². The molecule has 136 valence electrons. The Bertz CT molecular complexity index is 806. The SMILES string of the molecule is C[C@@H]([NH2+][C@@H]1CCCc2ccccc21)C(=O)NCc1ccc2c(c1)OCO2. The average Bonchev–Trinajstić information content (AvgIpc) is 3.14. The summed E-state index contributed by atoms with van der Waals surface area (Å²) >= 11 is 0. The van der Waals surface area contributed by atoms with Gasteiger partial charge in [0, 0.05) is 18.5 Å². The highest BCUT2D eigenvalue weighted by Crippen LogP contribution is 2.32. The van der Waals surface area contributed by atoms with Gasteiger partial charge in [0.2, 0.25) is 6.79 Å². The fourth-order valence-electron chi connectivity index (χ4n) is 3.83. The third-order valence-corrected chi connectivity index (χ3v) is 5.25. The number of rotatable bonds is 5. The second-order valence-electron chi connectivity index (χ2n) is 7.08. The second-order valence-corrected chi connectivity index (χ2v) is 7.08. The lowest BCUT2D eigenvalue weighted by Gasteiger charge is -2.26. The van der Waals surface area contributed by atoms with Gasteiger partial charge in [-0.1, -0.05) is 30.3 Å². The number of benzene rings is 2. The van der Waals surface area contributed by atoms with Gasteiger partial charge < -0.3 is 20.1 Å². The summed E-state index contributed by atoms with van der Waals surface area (Å²) in [5.74, 6) is 1.57. The second kappa shape index (κ2) is 7.38. The number of amides is 1. The number of carbonyl (C=O) groups excluding carboxylic acids is 1. The molecule has 5 nitrogen and oxygen atoms in total. The van der Waals surface area contributed by atoms with E-state index in [4.69, 9.17) is 9.47 Å². The summed E-state index contributed by atoms with van der Waals surface area (Å²) in [6.45, 7) is 2.74. The van der Waals surface area contributed by atoms with Gasteiger partial charge in [-0.05, 0) is 43.0 Å². The summed E-state index contributed by atoms with van der Waals surface area (Å²) in [4.78, 5) is 12.5. The zero-order chi connectivity index (χ0) is 17.9. The van der Waals surface area contributed by atoms with Gasteiger partial charge in [-0.2, -0.15) is 0 Å². The van der Waals surface area contributed by atoms with E-state index < -0.39 is 0 Å². The Morgan fingerprint density at radius 3 is 3.00 bits per heavy atom. The molecule has 1 aliphatic carbocycles. The fourth-order valence-corrected chi connectivity index (χ4v) is 3.83. The minimum Gasteiger partial charge on any atom is -0.454 e. The highest BCUT2D eigenvalue weighted by atomic mass is 16.7. The molecular formula is C21H25N2O3+. The van der Waals surface area contributed by atoms with Gasteiger partial charge in [0.15, 0.2) is 17.5 Å². The Morgan fingerprint density at radius 2 is 2.08 bits per heavy atom. The lowest BCUT2D eigenvalue weighted by atomic mass is 9.87. The quantitative estimate of drug-likeness (QED) is 0.865. The predicted octanol–water partition coefficient (Wildman–Crippen LogP) is 2.06. The Balaban J connectivity index is 1.34. The first-order valence-electron chi connectivity index (χ1n) is 9.30. The molecule has 26 heavy (non-hydrogen) atoms. The van der Waals surface area contributed by atoms with E-state index in [1.165, 1.54) is 17.5 Å². The van der Waals surface area contributed by atoms with Crippen molar-refractivity contribution in [1.82, 2.24) is 5.32 Å². The van der Waals surface area contributed by atoms with Crippen LogP contribution in [0.5, 0.6) is 11.5 Å². The maximum absolute atomic E-state index is 12.5. The van der Waals surface area contributed by atoms with Crippen LogP contribution in [0, 0.1) is 0 Å². The molecule has 0 spiro atoms. The van der Waals surface area contributed by atoms with Gasteiger partial charge in [-0.3, -0.25) is 4.79 Å². The normalized spacial score (nSPS) is 18.9. The number of fused-ring (bicyclic) bond motifs is 2. The van der Waals surface area contributed by atoms with Crippen LogP contribution < -0.4 is 20.1 Å². The number of ether oxygens (including phenoxy) is 2. The van der Waals surface area contributed by atoms with Gasteiger partial charge in [-0.15, -0.1) is 0 Å². The van der Waals surface area contributed by atoms with Crippen molar-refractivity contribution in [2.75, 3.05) is 6.79 Å². The molecule has 0 bridgehead atoms. The average molecular weight is 353 g/mol. The molecule has 0 saturated heterocycles. The third kappa shape index (κ3) is 3.53. The maximum atomic E-state index is 12.5. The number of carbonyl (C=O) groups is 1. The first-order chi connectivity index (χ1) is 12.7. The van der Waals surface area contributed by atoms with Crippen LogP contribution in [0.3, 0.4) is 0 Å². The smallest absolute Gasteiger partial charge is 0.278 e. The summed E-state index contributed by atoms with van der Waals surface area (Å²) in [6, 6.07) is 14.6. The Labute approximate surface area is 153 Å². The van der Waals surface area contributed by atoms with E-state index in [0.29, 0.717) is 12.6 Å². The van der Waals surface area contributed by atoms with E-state index in [9.17, 15) is 4.79 Å². The van der Waals surface area contributed by atoms with Crippen LogP contribution in [0.25, 0.3) is 0 Å². The molecule has 5 heteroatoms. The van der Waals surface area contributed by atoms with E-state index in [1.807, 2.05) is 25.1 Å². The maximum Gasteiger partial charge on any atom is 0.278 e. The predicted molar refractivity (Wildman–Crippen MR) is 97.9 cm³/mol. The van der Waals surface area contributed by atoms with Crippen molar-refractivity contribution in [3.63, 3.8) is 0 Å². The van der Waals surface area contributed by atoms with Crippen molar-refractivity contribution in [3.8, 4) is 11.5 Å². The molecule has 0 aromatic heterocycles. The van der Waals surface area contributed by atoms with Crippen molar-refractivity contribution >= 4 is 5.91 Å². The lowest BCUT2D eigenvalue weighted by molar-refractivity contribution is -0.714. The van der Waals surface area contributed by atoms with Gasteiger partial charge >= 0.3 is 0 Å². The third-order valence-electron chi connectivity index (χ3n) is 5.25. The van der Waals surface area contributed by atoms with Crippen molar-refractivity contribution in [1.29, 1.82) is 0 Å². The number of hydrogen-bond acceptors (Lipinski definition) is 3. The molecule has 2 aromatic rings. The minimum absolute atomic E-state index is 0.0609. The first-order valence-corrected chi connectivity index (χ1v) is 9.30. The van der Waals surface area contributed by atoms with Gasteiger partial charge in [0.25, 0.3) is 5.91 Å². The molecule has 0 fully saturated rings. The van der Waals surface area contributed by atoms with Crippen molar-refractivity contribution in [2.45, 2.75) is 44.8 Å². The van der Waals surface area contributed by atoms with Gasteiger partial charge in [-0.25, -0.2) is 0 Å². The summed E-state index contributed by atoms with van der Waals surface area (Å²) in [5, 5.41) is 5.24. The van der Waals surface area contributed by atoms with Crippen LogP contribution in [0.4, 0.5) is 0 Å². The van der Waals surface area contributed by atoms with Crippen molar-refractivity contribution in [3.05, 3.63) is 59.2 Å². The molecule has 1 aliphatic heterocycles. The van der Waals surface area contributed by atoms with E-state index in [2.05, 4.69) is 34.9 Å². The zero-order valence-electron chi connectivity index (χ0n) is 15.0. The highest BCUT2D eigenvalue weighted by molar-refractivity contribution is 5.79. The summed E-state index contributed by atoms with van der Waals surface area (Å²) in [7, 11) is 0. The van der Waals surface area contributed by atoms with Crippen LogP contribution >= 0.6 is 0 Å². The van der Waals surface area contributed by atoms with Crippen LogP contribution in [0.15, 0.2) is 42.5 Å². The molecule has 1 heterocycles. The molecular weight excluding hydrogens is 328 g/mol. The number of nitrogens with two attached hydrogens (primary N) is 1. The topological polar surface area (TPSA) is 64.2 Å². The molecule has 0 radical (unpaired) electrons. The van der Waals surface area contributed by atoms with E-state index in [0.717, 1.165) is 29.9 Å². The van der Waals surface area contributed by atoms with Gasteiger partial charge in [0.1, 0.15) is 6.04 Å². The zero-order valence-corrected chi connectivity index (χ0v) is 15.0. The standard InChI is InChI=1S/C21H24N2O3/c1-14(23-18-8-4-6-16-5-2-3-7-17(16)18)21(24)22-12-15-9-10-19-20(11-15)26-13-25-19/h2-3,5,7,9-11,14,18,23H,4,6,8,12-13H2,1H3,(H,22,24)/p+1/t14-,18-/m1/s1. The monoisotopic (exact) mass is 353 g/mol. The molecule has 3 N–H and O–H groups in total. The van der Waals surface area contributed by atoms with Crippen LogP contribution in [-0.4, -0.2) is 18.7 Å². The number of quaternary nitrogens is 1. The largest absolute Gasteiger partial charge is 0.454 e. The van der Waals surface area contributed by atoms with Gasteiger partial charge in [0.05, 0.1) is 0 Å². The van der Waals surface area contributed by atoms with E-state index >= 15 is 0 Å². The number of aryl methyl sites for hydroxylation is 1. The van der Waals surface area contributed by atoms with E-state index in [-0.39, 0.29) is 18.7 Å². The fraction of sp³-hybridized carbons (Fsp3) is 0.381. The Kier molecular flexibility index (Phi) is 4.80. The number of hydrogen-bond donors (Lipinski definition) is 2. The van der Waals surface area contributed by atoms with Crippen LogP contribution in [0.2, 0.25) is 0 Å². The van der Waals surface area contributed by atoms with Crippen molar-refractivity contribution in [2.24, 2.45) is 0 Å². The Morgan fingerprint density at radius 1 is 1.23 bits per heavy atom. The van der Waals surface area contributed by atoms with Crippen molar-refractivity contribution < 1.29 is 19.6 Å². The molecule has 2 aliphatic rings. The Hall–Kier alpha value is -2.53. The molecule has 2 atom stereocenters. The molecule has 0 unspecified atom stereocenters. The summed E-state index contributed by atoms with van der Waals surface area (Å²) in [6.07, 6.45) is 3.45. The molecule has 2 aromatic carbocycles.